The smallest absolute Gasteiger partial charge is 0.255 e. The van der Waals surface area contributed by atoms with Crippen molar-refractivity contribution in [2.24, 2.45) is 0 Å². The van der Waals surface area contributed by atoms with E-state index in [-0.39, 0.29) is 29.6 Å². The van der Waals surface area contributed by atoms with Crippen LogP contribution in [0.1, 0.15) is 58.8 Å². The predicted molar refractivity (Wildman–Crippen MR) is 118 cm³/mol. The van der Waals surface area contributed by atoms with Gasteiger partial charge in [0.05, 0.1) is 5.56 Å². The van der Waals surface area contributed by atoms with Gasteiger partial charge >= 0.3 is 0 Å². The molecule has 1 aromatic carbocycles. The highest BCUT2D eigenvalue weighted by molar-refractivity contribution is 5.93. The summed E-state index contributed by atoms with van der Waals surface area (Å²) in [4.78, 5) is 31.6. The fourth-order valence-corrected chi connectivity index (χ4v) is 4.69. The number of amides is 2. The largest absolute Gasteiger partial charge is 0.350 e. The lowest BCUT2D eigenvalue weighted by atomic mass is 9.95. The summed E-state index contributed by atoms with van der Waals surface area (Å²) in [5.41, 5.74) is 1.44. The maximum absolute atomic E-state index is 13.1. The first kappa shape index (κ1) is 21.2. The Morgan fingerprint density at radius 2 is 1.85 bits per heavy atom. The number of likely N-dealkylation sites (tertiary alicyclic amines) is 1. The van der Waals surface area contributed by atoms with Crippen molar-refractivity contribution >= 4 is 11.8 Å². The molecule has 8 nitrogen and oxygen atoms in total. The van der Waals surface area contributed by atoms with E-state index in [1.165, 1.54) is 12.1 Å². The summed E-state index contributed by atoms with van der Waals surface area (Å²) in [5, 5.41) is 11.7. The number of halogens is 1. The van der Waals surface area contributed by atoms with Crippen LogP contribution in [0.4, 0.5) is 4.39 Å². The molecular formula is C24H25FN6O2. The third-order valence-corrected chi connectivity index (χ3v) is 6.48. The molecule has 2 aliphatic rings. The molecule has 1 atom stereocenters. The molecule has 0 bridgehead atoms. The molecule has 4 heterocycles. The number of benzene rings is 1. The molecule has 0 radical (unpaired) electrons. The second-order valence-corrected chi connectivity index (χ2v) is 8.55. The van der Waals surface area contributed by atoms with E-state index in [2.05, 4.69) is 20.5 Å². The summed E-state index contributed by atoms with van der Waals surface area (Å²) in [6, 6.07) is 9.31. The van der Waals surface area contributed by atoms with Crippen molar-refractivity contribution < 1.29 is 14.0 Å². The number of fused-ring (bicyclic) bond motifs is 1. The molecule has 1 N–H and O–H groups in total. The number of hydrogen-bond acceptors (Lipinski definition) is 5. The average molecular weight is 449 g/mol. The van der Waals surface area contributed by atoms with Crippen molar-refractivity contribution in [3.8, 4) is 0 Å². The van der Waals surface area contributed by atoms with Crippen LogP contribution in [0.5, 0.6) is 0 Å². The Bertz CT molecular complexity index is 1140. The number of rotatable bonds is 5. The zero-order valence-corrected chi connectivity index (χ0v) is 18.2. The minimum atomic E-state index is -0.347. The van der Waals surface area contributed by atoms with Gasteiger partial charge in [-0.05, 0) is 49.1 Å². The van der Waals surface area contributed by atoms with Crippen molar-refractivity contribution in [3.05, 3.63) is 77.4 Å². The normalized spacial score (nSPS) is 18.2. The van der Waals surface area contributed by atoms with E-state index in [0.717, 1.165) is 30.1 Å². The van der Waals surface area contributed by atoms with Gasteiger partial charge in [-0.1, -0.05) is 12.1 Å². The molecule has 1 saturated heterocycles. The van der Waals surface area contributed by atoms with Crippen LogP contribution in [0, 0.1) is 5.82 Å². The Morgan fingerprint density at radius 3 is 2.58 bits per heavy atom. The lowest BCUT2D eigenvalue weighted by Crippen LogP contribution is -2.39. The van der Waals surface area contributed by atoms with Crippen LogP contribution in [-0.4, -0.2) is 49.6 Å². The maximum Gasteiger partial charge on any atom is 0.255 e. The summed E-state index contributed by atoms with van der Waals surface area (Å²) in [5.74, 6) is 1.43. The van der Waals surface area contributed by atoms with Crippen molar-refractivity contribution in [1.29, 1.82) is 0 Å². The number of nitrogens with one attached hydrogen (secondary N) is 1. The van der Waals surface area contributed by atoms with Gasteiger partial charge in [0.2, 0.25) is 5.91 Å². The van der Waals surface area contributed by atoms with Crippen molar-refractivity contribution in [1.82, 2.24) is 30.0 Å². The lowest BCUT2D eigenvalue weighted by molar-refractivity contribution is -0.124. The molecule has 2 aliphatic heterocycles. The molecule has 2 amide bonds. The van der Waals surface area contributed by atoms with Crippen LogP contribution in [0.15, 0.2) is 48.8 Å². The Labute approximate surface area is 190 Å². The van der Waals surface area contributed by atoms with Gasteiger partial charge in [-0.3, -0.25) is 14.6 Å². The number of nitrogens with zero attached hydrogens (tertiary/aromatic N) is 5. The molecule has 3 aromatic rings. The minimum Gasteiger partial charge on any atom is -0.350 e. The van der Waals surface area contributed by atoms with Crippen LogP contribution in [0.3, 0.4) is 0 Å². The highest BCUT2D eigenvalue weighted by Gasteiger charge is 2.36. The number of aromatic nitrogens is 4. The van der Waals surface area contributed by atoms with Gasteiger partial charge in [-0.2, -0.15) is 0 Å². The van der Waals surface area contributed by atoms with Gasteiger partial charge < -0.3 is 14.8 Å². The molecule has 0 saturated carbocycles. The van der Waals surface area contributed by atoms with Gasteiger partial charge in [0.1, 0.15) is 23.5 Å². The summed E-state index contributed by atoms with van der Waals surface area (Å²) in [6.45, 7) is 1.60. The number of aryl methyl sites for hydroxylation is 1. The Kier molecular flexibility index (Phi) is 5.85. The van der Waals surface area contributed by atoms with Gasteiger partial charge in [-0.25, -0.2) is 4.39 Å². The van der Waals surface area contributed by atoms with Crippen LogP contribution in [-0.2, 0) is 17.8 Å². The van der Waals surface area contributed by atoms with Gasteiger partial charge in [0.25, 0.3) is 5.91 Å². The molecule has 5 rings (SSSR count). The average Bonchev–Trinajstić information content (AvgIpc) is 3.46. The predicted octanol–water partition coefficient (Wildman–Crippen LogP) is 2.64. The van der Waals surface area contributed by atoms with Crippen molar-refractivity contribution in [2.75, 3.05) is 13.1 Å². The minimum absolute atomic E-state index is 0.00827. The summed E-state index contributed by atoms with van der Waals surface area (Å²) in [7, 11) is 0. The Hall–Kier alpha value is -3.62. The molecular weight excluding hydrogens is 423 g/mol. The molecule has 1 fully saturated rings. The fraction of sp³-hybridized carbons (Fsp3) is 0.375. The maximum atomic E-state index is 13.1. The van der Waals surface area contributed by atoms with Gasteiger partial charge in [0, 0.05) is 44.4 Å². The Balaban J connectivity index is 1.23. The first-order valence-corrected chi connectivity index (χ1v) is 11.3. The number of carbonyl (C=O) groups excluding carboxylic acids is 2. The summed E-state index contributed by atoms with van der Waals surface area (Å²) in [6.07, 6.45) is 6.18. The standard InChI is InChI=1S/C24H25FN6O2/c25-19-5-3-16(4-6-19)14-27-23(32)20-7-8-21-28-29-22(31(20)21)17-9-12-30(13-10-17)24(33)18-2-1-11-26-15-18/h1-6,11,15,17,20H,7-10,12-14H2,(H,27,32). The zero-order valence-electron chi connectivity index (χ0n) is 18.2. The molecule has 0 aliphatic carbocycles. The molecule has 1 unspecified atom stereocenters. The highest BCUT2D eigenvalue weighted by Crippen LogP contribution is 2.34. The topological polar surface area (TPSA) is 93.0 Å². The van der Waals surface area contributed by atoms with Crippen molar-refractivity contribution in [3.63, 3.8) is 0 Å². The third-order valence-electron chi connectivity index (χ3n) is 6.48. The SMILES string of the molecule is O=C(NCc1ccc(F)cc1)C1CCc2nnc(C3CCN(C(=O)c4cccnc4)CC3)n21. The van der Waals surface area contributed by atoms with E-state index in [1.807, 2.05) is 9.47 Å². The third kappa shape index (κ3) is 4.35. The van der Waals surface area contributed by atoms with E-state index in [4.69, 9.17) is 0 Å². The quantitative estimate of drug-likeness (QED) is 0.648. The zero-order chi connectivity index (χ0) is 22.8. The molecule has 0 spiro atoms. The lowest BCUT2D eigenvalue weighted by Gasteiger charge is -2.32. The van der Waals surface area contributed by atoms with Crippen LogP contribution in [0.25, 0.3) is 0 Å². The molecule has 9 heteroatoms. The van der Waals surface area contributed by atoms with Crippen LogP contribution >= 0.6 is 0 Å². The number of piperidine rings is 1. The summed E-state index contributed by atoms with van der Waals surface area (Å²) >= 11 is 0. The van der Waals surface area contributed by atoms with Gasteiger partial charge in [0.15, 0.2) is 0 Å². The van der Waals surface area contributed by atoms with E-state index in [0.29, 0.717) is 38.0 Å². The second-order valence-electron chi connectivity index (χ2n) is 8.55. The van der Waals surface area contributed by atoms with E-state index in [1.54, 1.807) is 36.7 Å². The molecule has 2 aromatic heterocycles. The van der Waals surface area contributed by atoms with Crippen LogP contribution < -0.4 is 5.32 Å². The molecule has 170 valence electrons. The second kappa shape index (κ2) is 9.09. The number of carbonyl (C=O) groups is 2. The Morgan fingerprint density at radius 1 is 1.06 bits per heavy atom. The first-order valence-electron chi connectivity index (χ1n) is 11.3. The number of pyridine rings is 1. The first-order chi connectivity index (χ1) is 16.1. The highest BCUT2D eigenvalue weighted by atomic mass is 19.1. The fourth-order valence-electron chi connectivity index (χ4n) is 4.69. The van der Waals surface area contributed by atoms with Crippen LogP contribution in [0.2, 0.25) is 0 Å². The van der Waals surface area contributed by atoms with E-state index >= 15 is 0 Å². The van der Waals surface area contributed by atoms with Crippen molar-refractivity contribution in [2.45, 2.75) is 44.2 Å². The number of hydrogen-bond donors (Lipinski definition) is 1. The van der Waals surface area contributed by atoms with E-state index in [9.17, 15) is 14.0 Å². The van der Waals surface area contributed by atoms with Gasteiger partial charge in [-0.15, -0.1) is 10.2 Å². The monoisotopic (exact) mass is 448 g/mol. The van der Waals surface area contributed by atoms with E-state index < -0.39 is 0 Å². The summed E-state index contributed by atoms with van der Waals surface area (Å²) < 4.78 is 15.1. The molecule has 33 heavy (non-hydrogen) atoms.